The second-order valence-corrected chi connectivity index (χ2v) is 6.23. The van der Waals surface area contributed by atoms with Crippen molar-refractivity contribution in [2.24, 2.45) is 0 Å². The van der Waals surface area contributed by atoms with Crippen LogP contribution in [0.5, 0.6) is 0 Å². The van der Waals surface area contributed by atoms with Gasteiger partial charge in [-0.2, -0.15) is 0 Å². The number of benzene rings is 2. The zero-order valence-corrected chi connectivity index (χ0v) is 13.8. The quantitative estimate of drug-likeness (QED) is 0.729. The van der Waals surface area contributed by atoms with Gasteiger partial charge in [0, 0.05) is 14.3 Å². The van der Waals surface area contributed by atoms with E-state index in [1.807, 2.05) is 12.1 Å². The van der Waals surface area contributed by atoms with Gasteiger partial charge in [-0.1, -0.05) is 30.8 Å². The van der Waals surface area contributed by atoms with Crippen molar-refractivity contribution in [2.45, 2.75) is 23.1 Å². The molecule has 20 heavy (non-hydrogen) atoms. The molecule has 0 aliphatic heterocycles. The van der Waals surface area contributed by atoms with E-state index in [-0.39, 0.29) is 5.97 Å². The van der Waals surface area contributed by atoms with Crippen LogP contribution in [0.4, 0.5) is 0 Å². The van der Waals surface area contributed by atoms with Gasteiger partial charge in [-0.25, -0.2) is 4.79 Å². The topological polar surface area (TPSA) is 26.3 Å². The molecule has 2 rings (SSSR count). The highest BCUT2D eigenvalue weighted by atomic mass is 79.9. The predicted octanol–water partition coefficient (Wildman–Crippen LogP) is 4.95. The summed E-state index contributed by atoms with van der Waals surface area (Å²) in [6.07, 6.45) is 1.05. The molecule has 104 valence electrons. The van der Waals surface area contributed by atoms with Crippen molar-refractivity contribution in [1.82, 2.24) is 0 Å². The number of esters is 1. The van der Waals surface area contributed by atoms with Crippen LogP contribution < -0.4 is 0 Å². The molecule has 0 atom stereocenters. The minimum absolute atomic E-state index is 0.333. The largest absolute Gasteiger partial charge is 0.465 e. The highest BCUT2D eigenvalue weighted by Gasteiger charge is 2.10. The maximum Gasteiger partial charge on any atom is 0.339 e. The fourth-order valence-electron chi connectivity index (χ4n) is 1.76. The number of rotatable bonds is 4. The van der Waals surface area contributed by atoms with E-state index < -0.39 is 0 Å². The number of hydrogen-bond donors (Lipinski definition) is 0. The third-order valence-corrected chi connectivity index (χ3v) is 4.57. The van der Waals surface area contributed by atoms with Crippen molar-refractivity contribution < 1.29 is 9.53 Å². The molecule has 0 radical (unpaired) electrons. The van der Waals surface area contributed by atoms with E-state index in [0.717, 1.165) is 15.8 Å². The molecule has 0 saturated heterocycles. The van der Waals surface area contributed by atoms with Gasteiger partial charge in [-0.05, 0) is 58.2 Å². The SMILES string of the molecule is CCc1ccc(Sc2ccc(C(=O)OC)c(Br)c2)cc1. The maximum absolute atomic E-state index is 11.5. The normalized spacial score (nSPS) is 10.3. The second kappa shape index (κ2) is 6.95. The van der Waals surface area contributed by atoms with E-state index in [9.17, 15) is 4.79 Å². The summed E-state index contributed by atoms with van der Waals surface area (Å²) in [5, 5.41) is 0. The van der Waals surface area contributed by atoms with E-state index in [2.05, 4.69) is 47.1 Å². The minimum Gasteiger partial charge on any atom is -0.465 e. The molecule has 2 aromatic rings. The Balaban J connectivity index is 2.17. The van der Waals surface area contributed by atoms with Gasteiger partial charge in [0.25, 0.3) is 0 Å². The number of aryl methyl sites for hydroxylation is 1. The molecule has 0 amide bonds. The molecule has 0 aliphatic carbocycles. The molecule has 0 heterocycles. The summed E-state index contributed by atoms with van der Waals surface area (Å²) in [4.78, 5) is 13.8. The molecular weight excluding hydrogens is 336 g/mol. The van der Waals surface area contributed by atoms with Crippen LogP contribution in [0.3, 0.4) is 0 Å². The summed E-state index contributed by atoms with van der Waals surface area (Å²) >= 11 is 5.08. The summed E-state index contributed by atoms with van der Waals surface area (Å²) in [5.74, 6) is -0.333. The molecule has 0 N–H and O–H groups in total. The summed E-state index contributed by atoms with van der Waals surface area (Å²) in [6.45, 7) is 2.14. The Kier molecular flexibility index (Phi) is 5.26. The molecule has 0 saturated carbocycles. The lowest BCUT2D eigenvalue weighted by Gasteiger charge is -2.06. The van der Waals surface area contributed by atoms with Gasteiger partial charge in [0.05, 0.1) is 12.7 Å². The standard InChI is InChI=1S/C16H15BrO2S/c1-3-11-4-6-12(7-5-11)20-13-8-9-14(15(17)10-13)16(18)19-2/h4-10H,3H2,1-2H3. The fourth-order valence-corrected chi connectivity index (χ4v) is 3.31. The third kappa shape index (κ3) is 3.64. The zero-order valence-electron chi connectivity index (χ0n) is 11.4. The van der Waals surface area contributed by atoms with Crippen molar-refractivity contribution in [1.29, 1.82) is 0 Å². The first kappa shape index (κ1) is 15.1. The molecule has 0 unspecified atom stereocenters. The Morgan fingerprint density at radius 2 is 1.80 bits per heavy atom. The number of halogens is 1. The third-order valence-electron chi connectivity index (χ3n) is 2.91. The van der Waals surface area contributed by atoms with E-state index in [0.29, 0.717) is 5.56 Å². The number of carbonyl (C=O) groups excluding carboxylic acids is 1. The molecule has 4 heteroatoms. The van der Waals surface area contributed by atoms with Gasteiger partial charge in [-0.3, -0.25) is 0 Å². The van der Waals surface area contributed by atoms with Gasteiger partial charge in [0.1, 0.15) is 0 Å². The first-order valence-electron chi connectivity index (χ1n) is 6.28. The van der Waals surface area contributed by atoms with E-state index in [1.165, 1.54) is 17.6 Å². The van der Waals surface area contributed by atoms with Gasteiger partial charge < -0.3 is 4.74 Å². The average Bonchev–Trinajstić information content (AvgIpc) is 2.47. The van der Waals surface area contributed by atoms with E-state index in [1.54, 1.807) is 17.8 Å². The van der Waals surface area contributed by atoms with Crippen LogP contribution in [-0.4, -0.2) is 13.1 Å². The van der Waals surface area contributed by atoms with Gasteiger partial charge in [-0.15, -0.1) is 0 Å². The average molecular weight is 351 g/mol. The molecule has 0 fully saturated rings. The van der Waals surface area contributed by atoms with E-state index in [4.69, 9.17) is 4.74 Å². The molecule has 0 aliphatic rings. The highest BCUT2D eigenvalue weighted by Crippen LogP contribution is 2.31. The van der Waals surface area contributed by atoms with Crippen LogP contribution in [0.25, 0.3) is 0 Å². The number of hydrogen-bond acceptors (Lipinski definition) is 3. The van der Waals surface area contributed by atoms with Crippen molar-refractivity contribution in [2.75, 3.05) is 7.11 Å². The fraction of sp³-hybridized carbons (Fsp3) is 0.188. The zero-order chi connectivity index (χ0) is 14.5. The Morgan fingerprint density at radius 3 is 2.35 bits per heavy atom. The first-order valence-corrected chi connectivity index (χ1v) is 7.89. The van der Waals surface area contributed by atoms with Crippen LogP contribution >= 0.6 is 27.7 Å². The predicted molar refractivity (Wildman–Crippen MR) is 85.4 cm³/mol. The van der Waals surface area contributed by atoms with Crippen LogP contribution in [0.2, 0.25) is 0 Å². The van der Waals surface area contributed by atoms with E-state index >= 15 is 0 Å². The van der Waals surface area contributed by atoms with Crippen molar-refractivity contribution in [3.8, 4) is 0 Å². The lowest BCUT2D eigenvalue weighted by atomic mass is 10.2. The number of carbonyl (C=O) groups is 1. The summed E-state index contributed by atoms with van der Waals surface area (Å²) < 4.78 is 5.47. The molecule has 0 spiro atoms. The lowest BCUT2D eigenvalue weighted by Crippen LogP contribution is -2.01. The monoisotopic (exact) mass is 350 g/mol. The summed E-state index contributed by atoms with van der Waals surface area (Å²) in [5.41, 5.74) is 1.87. The maximum atomic E-state index is 11.5. The molecule has 0 aromatic heterocycles. The van der Waals surface area contributed by atoms with Gasteiger partial charge >= 0.3 is 5.97 Å². The number of methoxy groups -OCH3 is 1. The van der Waals surface area contributed by atoms with Crippen LogP contribution in [-0.2, 0) is 11.2 Å². The second-order valence-electron chi connectivity index (χ2n) is 4.23. The van der Waals surface area contributed by atoms with Crippen molar-refractivity contribution in [3.05, 3.63) is 58.1 Å². The molecule has 0 bridgehead atoms. The van der Waals surface area contributed by atoms with Gasteiger partial charge in [0.2, 0.25) is 0 Å². The Bertz CT molecular complexity index is 608. The van der Waals surface area contributed by atoms with Gasteiger partial charge in [0.15, 0.2) is 0 Å². The van der Waals surface area contributed by atoms with Crippen LogP contribution in [0, 0.1) is 0 Å². The first-order chi connectivity index (χ1) is 9.63. The summed E-state index contributed by atoms with van der Waals surface area (Å²) in [7, 11) is 1.38. The number of ether oxygens (including phenoxy) is 1. The highest BCUT2D eigenvalue weighted by molar-refractivity contribution is 9.10. The molecule has 2 aromatic carbocycles. The van der Waals surface area contributed by atoms with Crippen molar-refractivity contribution >= 4 is 33.7 Å². The Hall–Kier alpha value is -1.26. The lowest BCUT2D eigenvalue weighted by molar-refractivity contribution is 0.0599. The Labute approximate surface area is 131 Å². The van der Waals surface area contributed by atoms with Crippen LogP contribution in [0.15, 0.2) is 56.7 Å². The summed E-state index contributed by atoms with van der Waals surface area (Å²) in [6, 6.07) is 14.1. The van der Waals surface area contributed by atoms with Crippen molar-refractivity contribution in [3.63, 3.8) is 0 Å². The minimum atomic E-state index is -0.333. The smallest absolute Gasteiger partial charge is 0.339 e. The Morgan fingerprint density at radius 1 is 1.15 bits per heavy atom. The van der Waals surface area contributed by atoms with Crippen LogP contribution in [0.1, 0.15) is 22.8 Å². The molecule has 2 nitrogen and oxygen atoms in total. The molecular formula is C16H15BrO2S.